The van der Waals surface area contributed by atoms with Crippen LogP contribution in [0.2, 0.25) is 0 Å². The fourth-order valence-electron chi connectivity index (χ4n) is 2.96. The van der Waals surface area contributed by atoms with E-state index in [2.05, 4.69) is 17.0 Å². The summed E-state index contributed by atoms with van der Waals surface area (Å²) in [4.78, 5) is 16.6. The van der Waals surface area contributed by atoms with Gasteiger partial charge in [0, 0.05) is 44.9 Å². The molecule has 3 rings (SSSR count). The monoisotopic (exact) mass is 341 g/mol. The van der Waals surface area contributed by atoms with Crippen molar-refractivity contribution in [3.05, 3.63) is 65.1 Å². The maximum Gasteiger partial charge on any atom is 0.254 e. The molecule has 1 amide bonds. The quantitative estimate of drug-likeness (QED) is 0.613. The van der Waals surface area contributed by atoms with Crippen molar-refractivity contribution in [3.8, 4) is 5.75 Å². The zero-order valence-electron chi connectivity index (χ0n) is 14.4. The van der Waals surface area contributed by atoms with Gasteiger partial charge in [-0.05, 0) is 24.6 Å². The van der Waals surface area contributed by atoms with Crippen LogP contribution in [0.4, 0.5) is 0 Å². The molecule has 0 N–H and O–H groups in total. The summed E-state index contributed by atoms with van der Waals surface area (Å²) in [5, 5.41) is 11.1. The van der Waals surface area contributed by atoms with Gasteiger partial charge in [0.15, 0.2) is 12.4 Å². The Morgan fingerprint density at radius 1 is 1.08 bits per heavy atom. The van der Waals surface area contributed by atoms with Crippen LogP contribution in [-0.4, -0.2) is 48.5 Å². The minimum atomic E-state index is -0.0127. The predicted octanol–water partition coefficient (Wildman–Crippen LogP) is 1.68. The molecule has 0 aliphatic carbocycles. The van der Waals surface area contributed by atoms with Crippen LogP contribution < -0.4 is 9.47 Å². The molecular weight excluding hydrogens is 318 g/mol. The molecule has 0 bridgehead atoms. The normalized spacial score (nSPS) is 15.2. The summed E-state index contributed by atoms with van der Waals surface area (Å²) in [6.45, 7) is 6.59. The molecule has 132 valence electrons. The lowest BCUT2D eigenvalue weighted by atomic mass is 10.1. The molecule has 2 aromatic rings. The summed E-state index contributed by atoms with van der Waals surface area (Å²) in [5.74, 6) is 0.880. The number of amides is 1. The van der Waals surface area contributed by atoms with Crippen molar-refractivity contribution in [2.24, 2.45) is 0 Å². The minimum Gasteiger partial charge on any atom is -0.619 e. The third kappa shape index (κ3) is 4.48. The number of piperazine rings is 1. The van der Waals surface area contributed by atoms with Gasteiger partial charge in [-0.25, -0.2) is 0 Å². The van der Waals surface area contributed by atoms with Crippen molar-refractivity contribution in [3.63, 3.8) is 0 Å². The van der Waals surface area contributed by atoms with Crippen LogP contribution in [0.15, 0.2) is 48.8 Å². The van der Waals surface area contributed by atoms with Gasteiger partial charge in [0.2, 0.25) is 0 Å². The van der Waals surface area contributed by atoms with E-state index in [-0.39, 0.29) is 5.91 Å². The Hall–Kier alpha value is -2.60. The smallest absolute Gasteiger partial charge is 0.254 e. The molecule has 2 heterocycles. The number of carbonyl (C=O) groups excluding carboxylic acids is 1. The lowest BCUT2D eigenvalue weighted by molar-refractivity contribution is -0.605. The van der Waals surface area contributed by atoms with Crippen molar-refractivity contribution in [2.45, 2.75) is 13.5 Å². The van der Waals surface area contributed by atoms with Crippen LogP contribution >= 0.6 is 0 Å². The lowest BCUT2D eigenvalue weighted by Crippen LogP contribution is -2.48. The zero-order valence-corrected chi connectivity index (χ0v) is 14.4. The van der Waals surface area contributed by atoms with E-state index in [1.165, 1.54) is 18.0 Å². The van der Waals surface area contributed by atoms with Crippen LogP contribution in [0.3, 0.4) is 0 Å². The molecule has 25 heavy (non-hydrogen) atoms. The van der Waals surface area contributed by atoms with E-state index in [0.717, 1.165) is 25.4 Å². The van der Waals surface area contributed by atoms with E-state index in [9.17, 15) is 10.0 Å². The molecule has 1 aromatic carbocycles. The Morgan fingerprint density at radius 3 is 2.32 bits per heavy atom. The number of carbonyl (C=O) groups is 1. The first-order valence-electron chi connectivity index (χ1n) is 8.58. The highest BCUT2D eigenvalue weighted by molar-refractivity contribution is 5.94. The molecule has 6 nitrogen and oxygen atoms in total. The Kier molecular flexibility index (Phi) is 5.50. The van der Waals surface area contributed by atoms with Gasteiger partial charge in [0.1, 0.15) is 5.75 Å². The SMILES string of the molecule is CCOc1ccc(CN2CCN(C(=O)c3cc[n+]([O-])cc3)CC2)cc1. The standard InChI is InChI=1S/C19H23N3O3/c1-2-25-18-5-3-16(4-6-18)15-20-11-13-21(14-12-20)19(23)17-7-9-22(24)10-8-17/h3-10H,2,11-15H2,1H3. The van der Waals surface area contributed by atoms with Crippen molar-refractivity contribution in [1.29, 1.82) is 0 Å². The molecule has 1 aliphatic heterocycles. The Labute approximate surface area is 147 Å². The summed E-state index contributed by atoms with van der Waals surface area (Å²) < 4.78 is 6.15. The molecule has 6 heteroatoms. The molecule has 0 spiro atoms. The van der Waals surface area contributed by atoms with E-state index in [0.29, 0.717) is 30.0 Å². The molecular formula is C19H23N3O3. The van der Waals surface area contributed by atoms with Crippen molar-refractivity contribution in [1.82, 2.24) is 9.80 Å². The average molecular weight is 341 g/mol. The van der Waals surface area contributed by atoms with E-state index in [4.69, 9.17) is 4.74 Å². The van der Waals surface area contributed by atoms with Gasteiger partial charge in [-0.2, -0.15) is 4.73 Å². The Bertz CT molecular complexity index is 693. The highest BCUT2D eigenvalue weighted by atomic mass is 16.5. The fourth-order valence-corrected chi connectivity index (χ4v) is 2.96. The van der Waals surface area contributed by atoms with E-state index < -0.39 is 0 Å². The number of ether oxygens (including phenoxy) is 1. The molecule has 1 aromatic heterocycles. The molecule has 1 saturated heterocycles. The van der Waals surface area contributed by atoms with Crippen LogP contribution in [0, 0.1) is 5.21 Å². The molecule has 1 aliphatic rings. The number of nitrogens with zero attached hydrogens (tertiary/aromatic N) is 3. The van der Waals surface area contributed by atoms with Gasteiger partial charge in [-0.3, -0.25) is 9.69 Å². The number of rotatable bonds is 5. The molecule has 0 unspecified atom stereocenters. The summed E-state index contributed by atoms with van der Waals surface area (Å²) >= 11 is 0. The Balaban J connectivity index is 1.51. The lowest BCUT2D eigenvalue weighted by Gasteiger charge is -2.34. The predicted molar refractivity (Wildman–Crippen MR) is 94.2 cm³/mol. The van der Waals surface area contributed by atoms with E-state index in [1.807, 2.05) is 24.0 Å². The van der Waals surface area contributed by atoms with Gasteiger partial charge in [-0.1, -0.05) is 12.1 Å². The number of aromatic nitrogens is 1. The first kappa shape index (κ1) is 17.2. The fraction of sp³-hybridized carbons (Fsp3) is 0.368. The third-order valence-electron chi connectivity index (χ3n) is 4.35. The van der Waals surface area contributed by atoms with Gasteiger partial charge < -0.3 is 14.8 Å². The van der Waals surface area contributed by atoms with Gasteiger partial charge in [0.05, 0.1) is 12.2 Å². The van der Waals surface area contributed by atoms with Crippen molar-refractivity contribution < 1.29 is 14.3 Å². The van der Waals surface area contributed by atoms with E-state index in [1.54, 1.807) is 12.1 Å². The average Bonchev–Trinajstić information content (AvgIpc) is 2.64. The summed E-state index contributed by atoms with van der Waals surface area (Å²) in [6, 6.07) is 11.3. The van der Waals surface area contributed by atoms with Crippen LogP contribution in [0.25, 0.3) is 0 Å². The number of hydrogen-bond donors (Lipinski definition) is 0. The largest absolute Gasteiger partial charge is 0.619 e. The van der Waals surface area contributed by atoms with Crippen molar-refractivity contribution in [2.75, 3.05) is 32.8 Å². The third-order valence-corrected chi connectivity index (χ3v) is 4.35. The van der Waals surface area contributed by atoms with Crippen LogP contribution in [-0.2, 0) is 6.54 Å². The molecule has 0 atom stereocenters. The van der Waals surface area contributed by atoms with Gasteiger partial charge in [-0.15, -0.1) is 0 Å². The number of pyridine rings is 1. The summed E-state index contributed by atoms with van der Waals surface area (Å²) in [6.07, 6.45) is 2.71. The van der Waals surface area contributed by atoms with Crippen molar-refractivity contribution >= 4 is 5.91 Å². The van der Waals surface area contributed by atoms with Crippen LogP contribution in [0.1, 0.15) is 22.8 Å². The minimum absolute atomic E-state index is 0.0127. The maximum atomic E-state index is 12.5. The van der Waals surface area contributed by atoms with Crippen LogP contribution in [0.5, 0.6) is 5.75 Å². The maximum absolute atomic E-state index is 12.5. The number of hydrogen-bond acceptors (Lipinski definition) is 4. The second kappa shape index (κ2) is 7.98. The van der Waals surface area contributed by atoms with Gasteiger partial charge in [0.25, 0.3) is 5.91 Å². The first-order valence-corrected chi connectivity index (χ1v) is 8.58. The second-order valence-electron chi connectivity index (χ2n) is 6.09. The topological polar surface area (TPSA) is 59.7 Å². The summed E-state index contributed by atoms with van der Waals surface area (Å²) in [7, 11) is 0. The highest BCUT2D eigenvalue weighted by Gasteiger charge is 2.22. The molecule has 1 fully saturated rings. The molecule has 0 radical (unpaired) electrons. The van der Waals surface area contributed by atoms with Gasteiger partial charge >= 0.3 is 0 Å². The summed E-state index contributed by atoms with van der Waals surface area (Å²) in [5.41, 5.74) is 1.80. The first-order chi connectivity index (χ1) is 12.2. The highest BCUT2D eigenvalue weighted by Crippen LogP contribution is 2.15. The Morgan fingerprint density at radius 2 is 1.72 bits per heavy atom. The zero-order chi connectivity index (χ0) is 17.6. The molecule has 0 saturated carbocycles. The van der Waals surface area contributed by atoms with E-state index >= 15 is 0 Å². The second-order valence-corrected chi connectivity index (χ2v) is 6.09. The number of benzene rings is 1.